The van der Waals surface area contributed by atoms with Crippen molar-refractivity contribution in [3.8, 4) is 11.8 Å². The van der Waals surface area contributed by atoms with Gasteiger partial charge in [-0.2, -0.15) is 0 Å². The van der Waals surface area contributed by atoms with Gasteiger partial charge in [0.2, 0.25) is 0 Å². The van der Waals surface area contributed by atoms with Gasteiger partial charge in [0.1, 0.15) is 5.76 Å². The van der Waals surface area contributed by atoms with Gasteiger partial charge in [0.15, 0.2) is 5.76 Å². The first-order chi connectivity index (χ1) is 6.83. The lowest BCUT2D eigenvalue weighted by Crippen LogP contribution is -1.92. The minimum atomic E-state index is 0.878. The molecular formula is C13H14O. The van der Waals surface area contributed by atoms with Crippen LogP contribution in [0.4, 0.5) is 0 Å². The maximum Gasteiger partial charge on any atom is 0.180 e. The second-order valence-electron chi connectivity index (χ2n) is 3.48. The average molecular weight is 186 g/mol. The van der Waals surface area contributed by atoms with Gasteiger partial charge in [-0.3, -0.25) is 0 Å². The molecule has 0 atom stereocenters. The van der Waals surface area contributed by atoms with Crippen LogP contribution in [0.3, 0.4) is 0 Å². The van der Waals surface area contributed by atoms with Gasteiger partial charge in [-0.15, -0.1) is 0 Å². The van der Waals surface area contributed by atoms with Crippen LogP contribution in [0.25, 0.3) is 6.08 Å². The van der Waals surface area contributed by atoms with E-state index in [4.69, 9.17) is 4.42 Å². The molecule has 1 nitrogen and oxygen atoms in total. The highest BCUT2D eigenvalue weighted by Gasteiger charge is 2.15. The molecule has 0 radical (unpaired) electrons. The second-order valence-corrected chi connectivity index (χ2v) is 3.48. The highest BCUT2D eigenvalue weighted by Crippen LogP contribution is 2.27. The maximum absolute atomic E-state index is 5.64. The fourth-order valence-electron chi connectivity index (χ4n) is 1.77. The van der Waals surface area contributed by atoms with Crippen molar-refractivity contribution in [3.05, 3.63) is 28.7 Å². The lowest BCUT2D eigenvalue weighted by molar-refractivity contribution is 0.519. The van der Waals surface area contributed by atoms with Gasteiger partial charge >= 0.3 is 0 Å². The van der Waals surface area contributed by atoms with E-state index in [1.54, 1.807) is 0 Å². The molecular weight excluding hydrogens is 172 g/mol. The molecule has 1 aromatic heterocycles. The van der Waals surface area contributed by atoms with E-state index in [2.05, 4.69) is 30.9 Å². The van der Waals surface area contributed by atoms with Crippen molar-refractivity contribution in [2.75, 3.05) is 0 Å². The minimum absolute atomic E-state index is 0.878. The van der Waals surface area contributed by atoms with Crippen LogP contribution in [-0.4, -0.2) is 0 Å². The fraction of sp³-hybridized carbons (Fsp3) is 0.385. The largest absolute Gasteiger partial charge is 0.452 e. The number of aryl methyl sites for hydroxylation is 1. The third kappa shape index (κ3) is 1.48. The van der Waals surface area contributed by atoms with Gasteiger partial charge < -0.3 is 4.42 Å². The quantitative estimate of drug-likeness (QED) is 0.566. The van der Waals surface area contributed by atoms with Crippen LogP contribution in [0.1, 0.15) is 42.4 Å². The summed E-state index contributed by atoms with van der Waals surface area (Å²) in [7, 11) is 0. The molecule has 2 rings (SSSR count). The van der Waals surface area contributed by atoms with Gasteiger partial charge in [-0.1, -0.05) is 25.0 Å². The minimum Gasteiger partial charge on any atom is -0.452 e. The number of fused-ring (bicyclic) bond motifs is 1. The summed E-state index contributed by atoms with van der Waals surface area (Å²) in [5.74, 6) is 8.03. The van der Waals surface area contributed by atoms with Crippen LogP contribution >= 0.6 is 0 Å². The Morgan fingerprint density at radius 1 is 1.50 bits per heavy atom. The summed E-state index contributed by atoms with van der Waals surface area (Å²) < 4.78 is 5.64. The predicted molar refractivity (Wildman–Crippen MR) is 58.0 cm³/mol. The van der Waals surface area contributed by atoms with Crippen LogP contribution in [0.2, 0.25) is 0 Å². The smallest absolute Gasteiger partial charge is 0.180 e. The predicted octanol–water partition coefficient (Wildman–Crippen LogP) is 3.31. The van der Waals surface area contributed by atoms with Crippen molar-refractivity contribution in [1.82, 2.24) is 0 Å². The third-order valence-corrected chi connectivity index (χ3v) is 2.46. The Hall–Kier alpha value is -1.42. The zero-order chi connectivity index (χ0) is 9.97. The molecule has 0 bridgehead atoms. The summed E-state index contributed by atoms with van der Waals surface area (Å²) in [5.41, 5.74) is 2.54. The Morgan fingerprint density at radius 2 is 2.36 bits per heavy atom. The van der Waals surface area contributed by atoms with Crippen LogP contribution in [0.5, 0.6) is 0 Å². The van der Waals surface area contributed by atoms with E-state index in [-0.39, 0.29) is 0 Å². The van der Waals surface area contributed by atoms with E-state index in [0.29, 0.717) is 0 Å². The summed E-state index contributed by atoms with van der Waals surface area (Å²) in [5, 5.41) is 0. The molecule has 0 fully saturated rings. The van der Waals surface area contributed by atoms with Crippen LogP contribution in [0, 0.1) is 18.8 Å². The van der Waals surface area contributed by atoms with Crippen molar-refractivity contribution in [3.63, 3.8) is 0 Å². The number of hydrogen-bond donors (Lipinski definition) is 0. The summed E-state index contributed by atoms with van der Waals surface area (Å²) in [6.45, 7) is 4.06. The molecule has 0 spiro atoms. The highest BCUT2D eigenvalue weighted by molar-refractivity contribution is 5.61. The Balaban J connectivity index is 2.47. The number of allylic oxidation sites excluding steroid dienone is 1. The van der Waals surface area contributed by atoms with Crippen LogP contribution in [0.15, 0.2) is 10.5 Å². The molecule has 0 N–H and O–H groups in total. The third-order valence-electron chi connectivity index (χ3n) is 2.46. The van der Waals surface area contributed by atoms with E-state index < -0.39 is 0 Å². The van der Waals surface area contributed by atoms with Gasteiger partial charge in [0, 0.05) is 17.5 Å². The number of furan rings is 1. The van der Waals surface area contributed by atoms with E-state index >= 15 is 0 Å². The first-order valence-corrected chi connectivity index (χ1v) is 5.10. The van der Waals surface area contributed by atoms with Crippen LogP contribution < -0.4 is 0 Å². The maximum atomic E-state index is 5.64. The molecule has 0 saturated heterocycles. The van der Waals surface area contributed by atoms with E-state index in [0.717, 1.165) is 30.8 Å². The van der Waals surface area contributed by atoms with Crippen molar-refractivity contribution < 1.29 is 4.42 Å². The normalized spacial score (nSPS) is 13.3. The number of hydrogen-bond acceptors (Lipinski definition) is 1. The lowest BCUT2D eigenvalue weighted by atomic mass is 9.98. The molecule has 14 heavy (non-hydrogen) atoms. The van der Waals surface area contributed by atoms with Crippen molar-refractivity contribution in [2.24, 2.45) is 0 Å². The number of rotatable bonds is 0. The standard InChI is InChI=1S/C13H14O/c1-3-4-9-13-12-8-6-5-7-11(12)10(2)14-13/h5,7H,3,6,8H2,1-2H3. The molecule has 1 aliphatic carbocycles. The molecule has 0 saturated carbocycles. The van der Waals surface area contributed by atoms with Crippen molar-refractivity contribution in [1.29, 1.82) is 0 Å². The average Bonchev–Trinajstić information content (AvgIpc) is 2.54. The van der Waals surface area contributed by atoms with E-state index in [1.807, 2.05) is 6.92 Å². The van der Waals surface area contributed by atoms with Gasteiger partial charge in [-0.25, -0.2) is 0 Å². The summed E-state index contributed by atoms with van der Waals surface area (Å²) in [6, 6.07) is 0. The molecule has 0 amide bonds. The Kier molecular flexibility index (Phi) is 2.45. The highest BCUT2D eigenvalue weighted by atomic mass is 16.3. The fourth-order valence-corrected chi connectivity index (χ4v) is 1.77. The molecule has 1 heteroatoms. The molecule has 1 aliphatic rings. The first kappa shape index (κ1) is 9.15. The zero-order valence-electron chi connectivity index (χ0n) is 8.68. The Bertz CT molecular complexity index is 424. The monoisotopic (exact) mass is 186 g/mol. The SMILES string of the molecule is CCC#Cc1oc(C)c2c1CCC=C2. The molecule has 72 valence electrons. The molecule has 0 unspecified atom stereocenters. The van der Waals surface area contributed by atoms with Crippen molar-refractivity contribution >= 4 is 6.08 Å². The first-order valence-electron chi connectivity index (χ1n) is 5.10. The summed E-state index contributed by atoms with van der Waals surface area (Å²) in [4.78, 5) is 0. The summed E-state index contributed by atoms with van der Waals surface area (Å²) in [6.07, 6.45) is 7.39. The molecule has 0 aliphatic heterocycles. The zero-order valence-corrected chi connectivity index (χ0v) is 8.68. The molecule has 1 aromatic rings. The second kappa shape index (κ2) is 3.75. The molecule has 0 aromatic carbocycles. The van der Waals surface area contributed by atoms with Gasteiger partial charge in [-0.05, 0) is 25.7 Å². The van der Waals surface area contributed by atoms with Crippen molar-refractivity contribution in [2.45, 2.75) is 33.1 Å². The van der Waals surface area contributed by atoms with E-state index in [1.165, 1.54) is 11.1 Å². The summed E-state index contributed by atoms with van der Waals surface area (Å²) >= 11 is 0. The van der Waals surface area contributed by atoms with Gasteiger partial charge in [0.25, 0.3) is 0 Å². The van der Waals surface area contributed by atoms with Crippen LogP contribution in [-0.2, 0) is 6.42 Å². The van der Waals surface area contributed by atoms with E-state index in [9.17, 15) is 0 Å². The Labute approximate surface area is 84.8 Å². The lowest BCUT2D eigenvalue weighted by Gasteiger charge is -2.03. The molecule has 1 heterocycles. The Morgan fingerprint density at radius 3 is 3.14 bits per heavy atom. The van der Waals surface area contributed by atoms with Gasteiger partial charge in [0.05, 0.1) is 0 Å². The topological polar surface area (TPSA) is 13.1 Å².